The lowest BCUT2D eigenvalue weighted by Crippen LogP contribution is -2.27. The van der Waals surface area contributed by atoms with Crippen LogP contribution in [0.15, 0.2) is 36.5 Å². The van der Waals surface area contributed by atoms with Gasteiger partial charge in [-0.05, 0) is 32.9 Å². The zero-order valence-corrected chi connectivity index (χ0v) is 16.2. The van der Waals surface area contributed by atoms with Crippen molar-refractivity contribution in [3.05, 3.63) is 64.2 Å². The molecule has 0 aliphatic heterocycles. The number of aryl methyl sites for hydroxylation is 2. The van der Waals surface area contributed by atoms with E-state index in [1.165, 1.54) is 0 Å². The summed E-state index contributed by atoms with van der Waals surface area (Å²) in [6.45, 7) is 6.84. The first-order valence-corrected chi connectivity index (χ1v) is 8.89. The summed E-state index contributed by atoms with van der Waals surface area (Å²) in [5, 5.41) is 9.53. The van der Waals surface area contributed by atoms with E-state index in [9.17, 15) is 4.79 Å². The van der Waals surface area contributed by atoms with Gasteiger partial charge in [0.1, 0.15) is 5.69 Å². The molecule has 0 N–H and O–H groups in total. The van der Waals surface area contributed by atoms with E-state index in [2.05, 4.69) is 10.2 Å². The molecule has 3 rings (SSSR count). The standard InChI is InChI=1S/C19H22ClN5O/c1-5-24-11-16(20)17(22-24)12-23(4)19(26)18-13(2)21-25(14(18)3)15-9-7-6-8-10-15/h6-11H,5,12H2,1-4H3. The molecule has 0 atom stereocenters. The van der Waals surface area contributed by atoms with Gasteiger partial charge in [0.15, 0.2) is 0 Å². The third kappa shape index (κ3) is 3.37. The van der Waals surface area contributed by atoms with Crippen molar-refractivity contribution in [1.29, 1.82) is 0 Å². The minimum absolute atomic E-state index is 0.0932. The topological polar surface area (TPSA) is 56.0 Å². The van der Waals surface area contributed by atoms with Crippen molar-refractivity contribution in [2.24, 2.45) is 0 Å². The van der Waals surface area contributed by atoms with Crippen LogP contribution in [0, 0.1) is 13.8 Å². The van der Waals surface area contributed by atoms with Gasteiger partial charge in [-0.25, -0.2) is 4.68 Å². The van der Waals surface area contributed by atoms with Crippen molar-refractivity contribution in [2.75, 3.05) is 7.05 Å². The summed E-state index contributed by atoms with van der Waals surface area (Å²) in [5.74, 6) is -0.0932. The van der Waals surface area contributed by atoms with Crippen LogP contribution in [0.25, 0.3) is 5.69 Å². The van der Waals surface area contributed by atoms with Crippen molar-refractivity contribution < 1.29 is 4.79 Å². The van der Waals surface area contributed by atoms with Crippen molar-refractivity contribution in [3.63, 3.8) is 0 Å². The zero-order valence-electron chi connectivity index (χ0n) is 15.4. The molecule has 0 aliphatic rings. The van der Waals surface area contributed by atoms with Crippen LogP contribution in [-0.2, 0) is 13.1 Å². The molecule has 0 saturated heterocycles. The number of carbonyl (C=O) groups is 1. The predicted octanol–water partition coefficient (Wildman–Crippen LogP) is 3.63. The molecule has 2 aromatic heterocycles. The molecule has 7 heteroatoms. The van der Waals surface area contributed by atoms with Crippen LogP contribution >= 0.6 is 11.6 Å². The van der Waals surface area contributed by atoms with Gasteiger partial charge in [0, 0.05) is 19.8 Å². The number of benzene rings is 1. The first kappa shape index (κ1) is 18.2. The van der Waals surface area contributed by atoms with Gasteiger partial charge in [0.05, 0.1) is 34.2 Å². The van der Waals surface area contributed by atoms with E-state index >= 15 is 0 Å². The Morgan fingerprint density at radius 1 is 1.19 bits per heavy atom. The minimum atomic E-state index is -0.0932. The van der Waals surface area contributed by atoms with E-state index in [-0.39, 0.29) is 5.91 Å². The molecule has 0 unspecified atom stereocenters. The van der Waals surface area contributed by atoms with Crippen LogP contribution in [0.3, 0.4) is 0 Å². The van der Waals surface area contributed by atoms with Crippen LogP contribution in [0.1, 0.15) is 34.4 Å². The number of hydrogen-bond donors (Lipinski definition) is 0. The molecule has 0 spiro atoms. The number of nitrogens with zero attached hydrogens (tertiary/aromatic N) is 5. The normalized spacial score (nSPS) is 11.0. The Balaban J connectivity index is 1.87. The minimum Gasteiger partial charge on any atom is -0.336 e. The number of aromatic nitrogens is 4. The largest absolute Gasteiger partial charge is 0.336 e. The van der Waals surface area contributed by atoms with Gasteiger partial charge in [0.2, 0.25) is 0 Å². The lowest BCUT2D eigenvalue weighted by atomic mass is 10.1. The van der Waals surface area contributed by atoms with Gasteiger partial charge in [0.25, 0.3) is 5.91 Å². The molecule has 3 aromatic rings. The first-order chi connectivity index (χ1) is 12.4. The van der Waals surface area contributed by atoms with Gasteiger partial charge in [-0.2, -0.15) is 10.2 Å². The smallest absolute Gasteiger partial charge is 0.257 e. The third-order valence-corrected chi connectivity index (χ3v) is 4.67. The van der Waals surface area contributed by atoms with Gasteiger partial charge >= 0.3 is 0 Å². The molecule has 136 valence electrons. The Morgan fingerprint density at radius 3 is 2.50 bits per heavy atom. The fraction of sp³-hybridized carbons (Fsp3) is 0.316. The highest BCUT2D eigenvalue weighted by atomic mass is 35.5. The van der Waals surface area contributed by atoms with Crippen LogP contribution < -0.4 is 0 Å². The lowest BCUT2D eigenvalue weighted by molar-refractivity contribution is 0.0781. The van der Waals surface area contributed by atoms with Crippen LogP contribution in [0.4, 0.5) is 0 Å². The molecule has 0 radical (unpaired) electrons. The number of para-hydroxylation sites is 1. The Morgan fingerprint density at radius 2 is 1.88 bits per heavy atom. The molecule has 2 heterocycles. The Kier molecular flexibility index (Phi) is 5.13. The highest BCUT2D eigenvalue weighted by Crippen LogP contribution is 2.21. The summed E-state index contributed by atoms with van der Waals surface area (Å²) in [7, 11) is 1.75. The lowest BCUT2D eigenvalue weighted by Gasteiger charge is -2.16. The molecule has 6 nitrogen and oxygen atoms in total. The van der Waals surface area contributed by atoms with Crippen LogP contribution in [0.2, 0.25) is 5.02 Å². The van der Waals surface area contributed by atoms with Gasteiger partial charge in [-0.3, -0.25) is 9.48 Å². The Hall–Kier alpha value is -2.60. The maximum absolute atomic E-state index is 13.0. The van der Waals surface area contributed by atoms with Gasteiger partial charge < -0.3 is 4.90 Å². The molecule has 0 aliphatic carbocycles. The van der Waals surface area contributed by atoms with Crippen molar-refractivity contribution >= 4 is 17.5 Å². The average molecular weight is 372 g/mol. The fourth-order valence-corrected chi connectivity index (χ4v) is 3.18. The number of amides is 1. The number of hydrogen-bond acceptors (Lipinski definition) is 3. The van der Waals surface area contributed by atoms with E-state index in [4.69, 9.17) is 11.6 Å². The SMILES string of the molecule is CCn1cc(Cl)c(CN(C)C(=O)c2c(C)nn(-c3ccccc3)c2C)n1. The predicted molar refractivity (Wildman–Crippen MR) is 102 cm³/mol. The molecular formula is C19H22ClN5O. The maximum Gasteiger partial charge on any atom is 0.257 e. The molecule has 0 bridgehead atoms. The summed E-state index contributed by atoms with van der Waals surface area (Å²) < 4.78 is 3.56. The Bertz CT molecular complexity index is 929. The summed E-state index contributed by atoms with van der Waals surface area (Å²) in [5.41, 5.74) is 3.75. The molecular weight excluding hydrogens is 350 g/mol. The van der Waals surface area contributed by atoms with E-state index in [1.807, 2.05) is 51.1 Å². The first-order valence-electron chi connectivity index (χ1n) is 8.51. The summed E-state index contributed by atoms with van der Waals surface area (Å²) in [6.07, 6.45) is 1.78. The van der Waals surface area contributed by atoms with Crippen LogP contribution in [-0.4, -0.2) is 37.4 Å². The van der Waals surface area contributed by atoms with Gasteiger partial charge in [-0.1, -0.05) is 29.8 Å². The Labute approximate surface area is 158 Å². The summed E-state index contributed by atoms with van der Waals surface area (Å²) in [4.78, 5) is 14.6. The van der Waals surface area contributed by atoms with Gasteiger partial charge in [-0.15, -0.1) is 0 Å². The molecule has 0 saturated carbocycles. The second-order valence-electron chi connectivity index (χ2n) is 6.23. The molecule has 1 amide bonds. The molecule has 1 aromatic carbocycles. The van der Waals surface area contributed by atoms with E-state index in [0.717, 1.165) is 17.9 Å². The third-order valence-electron chi connectivity index (χ3n) is 4.35. The fourth-order valence-electron chi connectivity index (χ4n) is 2.97. The average Bonchev–Trinajstić information content (AvgIpc) is 3.14. The second kappa shape index (κ2) is 7.33. The second-order valence-corrected chi connectivity index (χ2v) is 6.64. The highest BCUT2D eigenvalue weighted by Gasteiger charge is 2.23. The van der Waals surface area contributed by atoms with Crippen molar-refractivity contribution in [1.82, 2.24) is 24.5 Å². The van der Waals surface area contributed by atoms with Crippen molar-refractivity contribution in [3.8, 4) is 5.69 Å². The van der Waals surface area contributed by atoms with Crippen LogP contribution in [0.5, 0.6) is 0 Å². The molecule has 26 heavy (non-hydrogen) atoms. The summed E-state index contributed by atoms with van der Waals surface area (Å²) in [6, 6.07) is 9.79. The molecule has 0 fully saturated rings. The number of halogens is 1. The van der Waals surface area contributed by atoms with Crippen molar-refractivity contribution in [2.45, 2.75) is 33.9 Å². The quantitative estimate of drug-likeness (QED) is 0.688. The number of carbonyl (C=O) groups excluding carboxylic acids is 1. The van der Waals surface area contributed by atoms with E-state index in [0.29, 0.717) is 28.5 Å². The number of rotatable bonds is 5. The summed E-state index contributed by atoms with van der Waals surface area (Å²) >= 11 is 6.23. The maximum atomic E-state index is 13.0. The monoisotopic (exact) mass is 371 g/mol. The van der Waals surface area contributed by atoms with E-state index in [1.54, 1.807) is 27.5 Å². The zero-order chi connectivity index (χ0) is 18.8. The highest BCUT2D eigenvalue weighted by molar-refractivity contribution is 6.31. The van der Waals surface area contributed by atoms with E-state index < -0.39 is 0 Å².